The molecule has 30 heavy (non-hydrogen) atoms. The summed E-state index contributed by atoms with van der Waals surface area (Å²) in [5, 5.41) is 2.09. The van der Waals surface area contributed by atoms with Crippen LogP contribution in [0.25, 0.3) is 11.1 Å². The van der Waals surface area contributed by atoms with E-state index >= 15 is 0 Å². The molecule has 156 valence electrons. The number of likely N-dealkylation sites (tertiary alicyclic amines) is 1. The number of thiophene rings is 1. The first kappa shape index (κ1) is 19.6. The zero-order valence-corrected chi connectivity index (χ0v) is 17.0. The van der Waals surface area contributed by atoms with Gasteiger partial charge in [-0.1, -0.05) is 18.2 Å². The lowest BCUT2D eigenvalue weighted by Crippen LogP contribution is -2.46. The van der Waals surface area contributed by atoms with Crippen molar-refractivity contribution in [1.29, 1.82) is 0 Å². The maximum atomic E-state index is 13.2. The molecule has 2 aliphatic heterocycles. The van der Waals surface area contributed by atoms with Crippen LogP contribution in [0.1, 0.15) is 28.5 Å². The number of pyridine rings is 1. The van der Waals surface area contributed by atoms with Gasteiger partial charge in [0.25, 0.3) is 5.56 Å². The second kappa shape index (κ2) is 7.39. The second-order valence-corrected chi connectivity index (χ2v) is 9.27. The SMILES string of the molecule is O=c1c(-c2cccc(C(F)(F)F)c2)ccc2n1CC1CC2CN(Cc2cccs2)C1. The van der Waals surface area contributed by atoms with Gasteiger partial charge in [-0.05, 0) is 53.6 Å². The van der Waals surface area contributed by atoms with Crippen LogP contribution >= 0.6 is 11.3 Å². The Bertz CT molecular complexity index is 1120. The molecule has 1 fully saturated rings. The Hall–Kier alpha value is -2.38. The molecule has 0 saturated carbocycles. The first-order chi connectivity index (χ1) is 14.4. The van der Waals surface area contributed by atoms with E-state index < -0.39 is 11.7 Å². The van der Waals surface area contributed by atoms with E-state index in [0.29, 0.717) is 23.6 Å². The Morgan fingerprint density at radius 1 is 1.03 bits per heavy atom. The highest BCUT2D eigenvalue weighted by Gasteiger charge is 2.35. The average Bonchev–Trinajstić information content (AvgIpc) is 3.21. The lowest BCUT2D eigenvalue weighted by molar-refractivity contribution is -0.137. The van der Waals surface area contributed by atoms with Gasteiger partial charge in [-0.2, -0.15) is 13.2 Å². The number of aromatic nitrogens is 1. The van der Waals surface area contributed by atoms with Crippen molar-refractivity contribution in [3.63, 3.8) is 0 Å². The number of nitrogens with zero attached hydrogens (tertiary/aromatic N) is 2. The van der Waals surface area contributed by atoms with E-state index in [2.05, 4.69) is 22.4 Å². The predicted octanol–water partition coefficient (Wildman–Crippen LogP) is 5.21. The van der Waals surface area contributed by atoms with Crippen LogP contribution in [-0.2, 0) is 19.3 Å². The molecule has 3 aromatic rings. The van der Waals surface area contributed by atoms with Gasteiger partial charge in [0, 0.05) is 48.2 Å². The number of piperidine rings is 1. The van der Waals surface area contributed by atoms with Gasteiger partial charge in [0.1, 0.15) is 0 Å². The molecule has 7 heteroatoms. The van der Waals surface area contributed by atoms with Gasteiger partial charge < -0.3 is 4.57 Å². The quantitative estimate of drug-likeness (QED) is 0.570. The number of rotatable bonds is 3. The molecular formula is C23H21F3N2OS. The molecule has 1 aromatic carbocycles. The summed E-state index contributed by atoms with van der Waals surface area (Å²) in [6, 6.07) is 12.9. The highest BCUT2D eigenvalue weighted by atomic mass is 32.1. The van der Waals surface area contributed by atoms with Gasteiger partial charge >= 0.3 is 6.18 Å². The summed E-state index contributed by atoms with van der Waals surface area (Å²) in [6.07, 6.45) is -3.37. The summed E-state index contributed by atoms with van der Waals surface area (Å²) >= 11 is 1.76. The molecular weight excluding hydrogens is 409 g/mol. The number of halogens is 3. The number of hydrogen-bond donors (Lipinski definition) is 0. The van der Waals surface area contributed by atoms with E-state index in [1.165, 1.54) is 10.9 Å². The molecule has 1 saturated heterocycles. The van der Waals surface area contributed by atoms with Crippen LogP contribution in [0.3, 0.4) is 0 Å². The molecule has 0 radical (unpaired) electrons. The molecule has 2 bridgehead atoms. The summed E-state index contributed by atoms with van der Waals surface area (Å²) < 4.78 is 41.1. The number of hydrogen-bond acceptors (Lipinski definition) is 3. The van der Waals surface area contributed by atoms with Crippen LogP contribution in [0.4, 0.5) is 13.2 Å². The van der Waals surface area contributed by atoms with Crippen molar-refractivity contribution >= 4 is 11.3 Å². The van der Waals surface area contributed by atoms with Crippen molar-refractivity contribution < 1.29 is 13.2 Å². The third-order valence-electron chi connectivity index (χ3n) is 6.14. The van der Waals surface area contributed by atoms with Crippen molar-refractivity contribution in [3.8, 4) is 11.1 Å². The Morgan fingerprint density at radius 3 is 2.67 bits per heavy atom. The summed E-state index contributed by atoms with van der Waals surface area (Å²) in [5.74, 6) is 0.659. The minimum absolute atomic E-state index is 0.187. The van der Waals surface area contributed by atoms with Crippen LogP contribution in [0.5, 0.6) is 0 Å². The number of benzene rings is 1. The monoisotopic (exact) mass is 430 g/mol. The van der Waals surface area contributed by atoms with E-state index in [9.17, 15) is 18.0 Å². The standard InChI is InChI=1S/C23H21F3N2OS/c24-23(25,26)18-4-1-3-16(10-18)20-6-7-21-17-9-15(12-28(21)22(20)29)11-27(13-17)14-19-5-2-8-30-19/h1-8,10,15,17H,9,11-14H2. The lowest BCUT2D eigenvalue weighted by atomic mass is 9.82. The van der Waals surface area contributed by atoms with Crippen molar-refractivity contribution in [3.05, 3.63) is 80.4 Å². The molecule has 0 N–H and O–H groups in total. The molecule has 2 unspecified atom stereocenters. The zero-order valence-electron chi connectivity index (χ0n) is 16.2. The summed E-state index contributed by atoms with van der Waals surface area (Å²) in [4.78, 5) is 17.0. The lowest BCUT2D eigenvalue weighted by Gasteiger charge is -2.42. The smallest absolute Gasteiger partial charge is 0.311 e. The Balaban J connectivity index is 1.46. The van der Waals surface area contributed by atoms with E-state index in [4.69, 9.17) is 0 Å². The van der Waals surface area contributed by atoms with Crippen LogP contribution < -0.4 is 5.56 Å². The van der Waals surface area contributed by atoms with Crippen molar-refractivity contribution in [2.24, 2.45) is 5.92 Å². The van der Waals surface area contributed by atoms with Crippen molar-refractivity contribution in [1.82, 2.24) is 9.47 Å². The van der Waals surface area contributed by atoms with E-state index in [1.807, 2.05) is 6.07 Å². The highest BCUT2D eigenvalue weighted by molar-refractivity contribution is 7.09. The first-order valence-corrected chi connectivity index (χ1v) is 10.9. The maximum absolute atomic E-state index is 13.2. The molecule has 5 rings (SSSR count). The van der Waals surface area contributed by atoms with Gasteiger partial charge in [0.15, 0.2) is 0 Å². The summed E-state index contributed by atoms with van der Waals surface area (Å²) in [6.45, 7) is 3.39. The number of fused-ring (bicyclic) bond motifs is 4. The summed E-state index contributed by atoms with van der Waals surface area (Å²) in [7, 11) is 0. The third kappa shape index (κ3) is 3.61. The Morgan fingerprint density at radius 2 is 1.90 bits per heavy atom. The molecule has 0 amide bonds. The molecule has 4 heterocycles. The zero-order chi connectivity index (χ0) is 20.9. The van der Waals surface area contributed by atoms with E-state index in [0.717, 1.165) is 43.9 Å². The average molecular weight is 430 g/mol. The van der Waals surface area contributed by atoms with Crippen LogP contribution in [0.2, 0.25) is 0 Å². The minimum Gasteiger partial charge on any atom is -0.311 e. The maximum Gasteiger partial charge on any atom is 0.416 e. The van der Waals surface area contributed by atoms with Gasteiger partial charge in [0.2, 0.25) is 0 Å². The molecule has 0 aliphatic carbocycles. The highest BCUT2D eigenvalue weighted by Crippen LogP contribution is 2.37. The van der Waals surface area contributed by atoms with Crippen molar-refractivity contribution in [2.75, 3.05) is 13.1 Å². The molecule has 0 spiro atoms. The topological polar surface area (TPSA) is 25.2 Å². The van der Waals surface area contributed by atoms with Crippen molar-refractivity contribution in [2.45, 2.75) is 31.6 Å². The molecule has 2 aliphatic rings. The molecule has 3 nitrogen and oxygen atoms in total. The summed E-state index contributed by atoms with van der Waals surface area (Å²) in [5.41, 5.74) is 0.736. The normalized spacial score (nSPS) is 21.4. The van der Waals surface area contributed by atoms with Gasteiger partial charge in [0.05, 0.1) is 5.56 Å². The Labute approximate surface area is 176 Å². The van der Waals surface area contributed by atoms with E-state index in [1.54, 1.807) is 28.0 Å². The third-order valence-corrected chi connectivity index (χ3v) is 7.00. The first-order valence-electron chi connectivity index (χ1n) is 10.0. The fourth-order valence-electron chi connectivity index (χ4n) is 4.88. The fraction of sp³-hybridized carbons (Fsp3) is 0.348. The number of alkyl halides is 3. The largest absolute Gasteiger partial charge is 0.416 e. The predicted molar refractivity (Wildman–Crippen MR) is 112 cm³/mol. The van der Waals surface area contributed by atoms with E-state index in [-0.39, 0.29) is 11.5 Å². The van der Waals surface area contributed by atoms with Crippen LogP contribution in [0.15, 0.2) is 58.7 Å². The van der Waals surface area contributed by atoms with Gasteiger partial charge in [-0.25, -0.2) is 0 Å². The Kier molecular flexibility index (Phi) is 4.82. The second-order valence-electron chi connectivity index (χ2n) is 8.24. The van der Waals surface area contributed by atoms with Crippen LogP contribution in [0, 0.1) is 5.92 Å². The fourth-order valence-corrected chi connectivity index (χ4v) is 5.63. The van der Waals surface area contributed by atoms with Gasteiger partial charge in [-0.15, -0.1) is 11.3 Å². The minimum atomic E-state index is -4.43. The molecule has 2 aromatic heterocycles. The molecule has 2 atom stereocenters. The van der Waals surface area contributed by atoms with Crippen LogP contribution in [-0.4, -0.2) is 22.6 Å². The van der Waals surface area contributed by atoms with Gasteiger partial charge in [-0.3, -0.25) is 9.69 Å².